The highest BCUT2D eigenvalue weighted by Crippen LogP contribution is 2.43. The van der Waals surface area contributed by atoms with Crippen LogP contribution in [0, 0.1) is 11.3 Å². The summed E-state index contributed by atoms with van der Waals surface area (Å²) >= 11 is 0. The van der Waals surface area contributed by atoms with E-state index < -0.39 is 0 Å². The van der Waals surface area contributed by atoms with Gasteiger partial charge in [-0.25, -0.2) is 0 Å². The molecule has 24 heavy (non-hydrogen) atoms. The van der Waals surface area contributed by atoms with Gasteiger partial charge in [0.15, 0.2) is 0 Å². The molecule has 0 spiro atoms. The zero-order valence-electron chi connectivity index (χ0n) is 13.8. The summed E-state index contributed by atoms with van der Waals surface area (Å²) in [4.78, 5) is 2.61. The Morgan fingerprint density at radius 1 is 1.12 bits per heavy atom. The Balaban J connectivity index is 0.00000104. The Labute approximate surface area is 156 Å². The lowest BCUT2D eigenvalue weighted by Gasteiger charge is -2.28. The standard InChI is InChI=1S/C19H24N2O.2ClH/c1-2-4-16(5-3-1)6-8-19-14-20-10-18(19)12-21(15-19)11-17-7-9-22-13-17;;/h1-5,7,9,13,18,20H,6,8,10-12,14-15H2;2*1H. The Bertz CT molecular complexity index is 605. The summed E-state index contributed by atoms with van der Waals surface area (Å²) in [5.74, 6) is 0.795. The highest BCUT2D eigenvalue weighted by atomic mass is 35.5. The maximum atomic E-state index is 5.21. The molecule has 2 unspecified atom stereocenters. The predicted molar refractivity (Wildman–Crippen MR) is 102 cm³/mol. The summed E-state index contributed by atoms with van der Waals surface area (Å²) < 4.78 is 5.21. The molecule has 2 saturated heterocycles. The Morgan fingerprint density at radius 3 is 2.71 bits per heavy atom. The van der Waals surface area contributed by atoms with Crippen molar-refractivity contribution < 1.29 is 4.42 Å². The van der Waals surface area contributed by atoms with Gasteiger partial charge in [-0.3, -0.25) is 4.90 Å². The van der Waals surface area contributed by atoms with Crippen LogP contribution in [0.1, 0.15) is 17.5 Å². The van der Waals surface area contributed by atoms with Crippen LogP contribution < -0.4 is 5.32 Å². The second-order valence-electron chi connectivity index (χ2n) is 6.98. The number of aryl methyl sites for hydroxylation is 1. The largest absolute Gasteiger partial charge is 0.472 e. The lowest BCUT2D eigenvalue weighted by molar-refractivity contribution is 0.237. The number of nitrogens with one attached hydrogen (secondary N) is 1. The van der Waals surface area contributed by atoms with Crippen molar-refractivity contribution >= 4 is 24.8 Å². The van der Waals surface area contributed by atoms with E-state index in [2.05, 4.69) is 46.6 Å². The fraction of sp³-hybridized carbons (Fsp3) is 0.474. The van der Waals surface area contributed by atoms with E-state index in [0.29, 0.717) is 5.41 Å². The van der Waals surface area contributed by atoms with Gasteiger partial charge in [0.25, 0.3) is 0 Å². The fourth-order valence-corrected chi connectivity index (χ4v) is 4.29. The summed E-state index contributed by atoms with van der Waals surface area (Å²) in [6.45, 7) is 5.80. The first-order valence-electron chi connectivity index (χ1n) is 8.32. The first-order chi connectivity index (χ1) is 10.8. The van der Waals surface area contributed by atoms with E-state index in [1.807, 2.05) is 6.26 Å². The molecule has 1 aromatic heterocycles. The number of likely N-dealkylation sites (tertiary alicyclic amines) is 1. The third kappa shape index (κ3) is 3.97. The van der Waals surface area contributed by atoms with Gasteiger partial charge in [-0.2, -0.15) is 0 Å². The molecule has 2 fully saturated rings. The van der Waals surface area contributed by atoms with Crippen LogP contribution in [0.4, 0.5) is 0 Å². The second-order valence-corrected chi connectivity index (χ2v) is 6.98. The minimum atomic E-state index is 0. The van der Waals surface area contributed by atoms with Crippen molar-refractivity contribution in [3.05, 3.63) is 60.1 Å². The van der Waals surface area contributed by atoms with Gasteiger partial charge in [0.2, 0.25) is 0 Å². The van der Waals surface area contributed by atoms with Gasteiger partial charge >= 0.3 is 0 Å². The third-order valence-corrected chi connectivity index (χ3v) is 5.49. The minimum Gasteiger partial charge on any atom is -0.472 e. The molecule has 2 aromatic rings. The van der Waals surface area contributed by atoms with Crippen LogP contribution in [0.5, 0.6) is 0 Å². The summed E-state index contributed by atoms with van der Waals surface area (Å²) in [7, 11) is 0. The monoisotopic (exact) mass is 368 g/mol. The minimum absolute atomic E-state index is 0. The van der Waals surface area contributed by atoms with E-state index in [1.165, 1.54) is 50.1 Å². The quantitative estimate of drug-likeness (QED) is 0.870. The van der Waals surface area contributed by atoms with Crippen molar-refractivity contribution in [2.45, 2.75) is 19.4 Å². The van der Waals surface area contributed by atoms with Crippen LogP contribution >= 0.6 is 24.8 Å². The molecule has 132 valence electrons. The molecule has 5 heteroatoms. The van der Waals surface area contributed by atoms with E-state index >= 15 is 0 Å². The predicted octanol–water partition coefficient (Wildman–Crippen LogP) is 3.78. The lowest BCUT2D eigenvalue weighted by atomic mass is 9.76. The average Bonchev–Trinajstić information content (AvgIpc) is 3.23. The molecule has 4 rings (SSSR count). The van der Waals surface area contributed by atoms with Gasteiger partial charge in [0.05, 0.1) is 12.5 Å². The molecule has 0 amide bonds. The molecule has 1 aromatic carbocycles. The van der Waals surface area contributed by atoms with Crippen LogP contribution in [0.25, 0.3) is 0 Å². The molecule has 2 aliphatic heterocycles. The maximum absolute atomic E-state index is 5.21. The van der Waals surface area contributed by atoms with Crippen molar-refractivity contribution in [1.82, 2.24) is 10.2 Å². The SMILES string of the molecule is Cl.Cl.c1ccc(CCC23CNCC2CN(Cc2ccoc2)C3)cc1. The first-order valence-corrected chi connectivity index (χ1v) is 8.32. The Morgan fingerprint density at radius 2 is 1.96 bits per heavy atom. The van der Waals surface area contributed by atoms with Gasteiger partial charge in [0.1, 0.15) is 0 Å². The third-order valence-electron chi connectivity index (χ3n) is 5.49. The Hall–Kier alpha value is -1.00. The van der Waals surface area contributed by atoms with E-state index in [0.717, 1.165) is 12.5 Å². The molecule has 0 aliphatic carbocycles. The molecule has 1 N–H and O–H groups in total. The van der Waals surface area contributed by atoms with E-state index in [9.17, 15) is 0 Å². The van der Waals surface area contributed by atoms with Gasteiger partial charge in [-0.1, -0.05) is 30.3 Å². The molecular weight excluding hydrogens is 343 g/mol. The van der Waals surface area contributed by atoms with Crippen molar-refractivity contribution in [3.63, 3.8) is 0 Å². The van der Waals surface area contributed by atoms with Gasteiger partial charge in [0, 0.05) is 37.2 Å². The number of furan rings is 1. The summed E-state index contributed by atoms with van der Waals surface area (Å²) in [5, 5.41) is 3.64. The maximum Gasteiger partial charge on any atom is 0.0947 e. The second kappa shape index (κ2) is 8.39. The summed E-state index contributed by atoms with van der Waals surface area (Å²) in [5.41, 5.74) is 3.22. The van der Waals surface area contributed by atoms with Crippen LogP contribution in [-0.4, -0.2) is 31.1 Å². The van der Waals surface area contributed by atoms with E-state index in [1.54, 1.807) is 6.26 Å². The van der Waals surface area contributed by atoms with Crippen LogP contribution in [0.3, 0.4) is 0 Å². The van der Waals surface area contributed by atoms with Crippen LogP contribution in [0.15, 0.2) is 53.3 Å². The van der Waals surface area contributed by atoms with Crippen molar-refractivity contribution in [1.29, 1.82) is 0 Å². The molecule has 0 saturated carbocycles. The molecule has 2 aliphatic rings. The molecule has 0 radical (unpaired) electrons. The van der Waals surface area contributed by atoms with Gasteiger partial charge in [-0.15, -0.1) is 24.8 Å². The molecular formula is C19H26Cl2N2O. The molecule has 3 nitrogen and oxygen atoms in total. The average molecular weight is 369 g/mol. The van der Waals surface area contributed by atoms with Crippen molar-refractivity contribution in [3.8, 4) is 0 Å². The Kier molecular flexibility index (Phi) is 6.76. The van der Waals surface area contributed by atoms with Gasteiger partial charge < -0.3 is 9.73 Å². The van der Waals surface area contributed by atoms with E-state index in [-0.39, 0.29) is 24.8 Å². The number of nitrogens with zero attached hydrogens (tertiary/aromatic N) is 1. The van der Waals surface area contributed by atoms with Crippen LogP contribution in [0.2, 0.25) is 0 Å². The number of benzene rings is 1. The highest BCUT2D eigenvalue weighted by molar-refractivity contribution is 5.85. The first kappa shape index (κ1) is 19.3. The summed E-state index contributed by atoms with van der Waals surface area (Å²) in [6.07, 6.45) is 6.14. The van der Waals surface area contributed by atoms with Gasteiger partial charge in [-0.05, 0) is 36.9 Å². The smallest absolute Gasteiger partial charge is 0.0947 e. The normalized spacial score (nSPS) is 25.8. The number of hydrogen-bond acceptors (Lipinski definition) is 3. The zero-order valence-corrected chi connectivity index (χ0v) is 15.5. The topological polar surface area (TPSA) is 28.4 Å². The number of hydrogen-bond donors (Lipinski definition) is 1. The van der Waals surface area contributed by atoms with Crippen molar-refractivity contribution in [2.24, 2.45) is 11.3 Å². The molecule has 3 heterocycles. The summed E-state index contributed by atoms with van der Waals surface area (Å²) in [6, 6.07) is 13.0. The molecule has 0 bridgehead atoms. The highest BCUT2D eigenvalue weighted by Gasteiger charge is 2.48. The molecule has 2 atom stereocenters. The van der Waals surface area contributed by atoms with E-state index in [4.69, 9.17) is 4.42 Å². The number of fused-ring (bicyclic) bond motifs is 1. The number of halogens is 2. The van der Waals surface area contributed by atoms with Crippen LogP contribution in [-0.2, 0) is 13.0 Å². The zero-order chi connectivity index (χ0) is 14.8. The lowest BCUT2D eigenvalue weighted by Crippen LogP contribution is -2.33. The van der Waals surface area contributed by atoms with Crippen molar-refractivity contribution in [2.75, 3.05) is 26.2 Å². The number of rotatable bonds is 5. The fourth-order valence-electron chi connectivity index (χ4n) is 4.29.